The van der Waals surface area contributed by atoms with Crippen LogP contribution in [-0.2, 0) is 10.8 Å². The van der Waals surface area contributed by atoms with Gasteiger partial charge in [0.05, 0.1) is 0 Å². The zero-order chi connectivity index (χ0) is 40.8. The van der Waals surface area contributed by atoms with Gasteiger partial charge in [-0.1, -0.05) is 170 Å². The number of benzene rings is 6. The summed E-state index contributed by atoms with van der Waals surface area (Å²) in [6.07, 6.45) is 8.15. The molecule has 0 aliphatic heterocycles. The number of nitrogens with zero attached hydrogens (tertiary/aromatic N) is 6. The normalized spacial score (nSPS) is 27.4. The molecule has 7 aliphatic rings. The molecular weight excluding hydrogens is 757 g/mol. The van der Waals surface area contributed by atoms with Gasteiger partial charge in [0, 0.05) is 44.2 Å². The first kappa shape index (κ1) is 36.0. The van der Waals surface area contributed by atoms with E-state index in [1.165, 1.54) is 38.5 Å². The molecular formula is C56H46N6. The lowest BCUT2D eigenvalue weighted by Gasteiger charge is -2.79. The average molecular weight is 803 g/mol. The van der Waals surface area contributed by atoms with Crippen LogP contribution in [0.15, 0.2) is 170 Å². The van der Waals surface area contributed by atoms with Gasteiger partial charge in [-0.15, -0.1) is 0 Å². The molecule has 7 aliphatic carbocycles. The van der Waals surface area contributed by atoms with Crippen molar-refractivity contribution in [2.45, 2.75) is 49.4 Å². The molecule has 6 aromatic carbocycles. The second kappa shape index (κ2) is 13.9. The molecule has 7 saturated carbocycles. The Bertz CT molecular complexity index is 2590. The SMILES string of the molecule is c1ccc(-c2nc(-c3ccccc3)nc(-c3ccc(C45CC6CC7C4CC4CC5C(C6)C7(c5ccc(-c6nc(-c7ccccc7)nc(-c7ccccc7)n6)cc5)C4)cc3)n2)cc1. The summed E-state index contributed by atoms with van der Waals surface area (Å²) in [4.78, 5) is 30.1. The number of rotatable bonds is 8. The number of hydrogen-bond donors (Lipinski definition) is 0. The maximum Gasteiger partial charge on any atom is 0.164 e. The minimum atomic E-state index is 0.242. The van der Waals surface area contributed by atoms with Gasteiger partial charge in [-0.25, -0.2) is 29.9 Å². The first-order valence-corrected chi connectivity index (χ1v) is 22.6. The van der Waals surface area contributed by atoms with E-state index in [0.29, 0.717) is 47.0 Å². The van der Waals surface area contributed by atoms with Crippen molar-refractivity contribution in [1.82, 2.24) is 29.9 Å². The van der Waals surface area contributed by atoms with Crippen molar-refractivity contribution in [3.05, 3.63) is 181 Å². The Morgan fingerprint density at radius 2 is 0.500 bits per heavy atom. The Balaban J connectivity index is 0.846. The summed E-state index contributed by atoms with van der Waals surface area (Å²) in [7, 11) is 0. The molecule has 0 amide bonds. The van der Waals surface area contributed by atoms with E-state index in [0.717, 1.165) is 56.9 Å². The number of aromatic nitrogens is 6. The van der Waals surface area contributed by atoms with Gasteiger partial charge in [0.2, 0.25) is 0 Å². The van der Waals surface area contributed by atoms with Crippen molar-refractivity contribution in [1.29, 1.82) is 0 Å². The van der Waals surface area contributed by atoms with Crippen molar-refractivity contribution in [3.63, 3.8) is 0 Å². The molecule has 62 heavy (non-hydrogen) atoms. The predicted molar refractivity (Wildman–Crippen MR) is 244 cm³/mol. The molecule has 4 unspecified atom stereocenters. The monoisotopic (exact) mass is 802 g/mol. The Hall–Kier alpha value is -6.66. The fraction of sp³-hybridized carbons (Fsp3) is 0.250. The van der Waals surface area contributed by atoms with Crippen LogP contribution in [0.1, 0.15) is 49.7 Å². The van der Waals surface area contributed by atoms with Crippen molar-refractivity contribution >= 4 is 0 Å². The van der Waals surface area contributed by atoms with Crippen LogP contribution in [0.25, 0.3) is 68.3 Å². The second-order valence-electron chi connectivity index (χ2n) is 18.8. The summed E-state index contributed by atoms with van der Waals surface area (Å²) in [5.74, 6) is 8.67. The second-order valence-corrected chi connectivity index (χ2v) is 18.8. The van der Waals surface area contributed by atoms with Gasteiger partial charge in [-0.2, -0.15) is 0 Å². The van der Waals surface area contributed by atoms with E-state index in [2.05, 4.69) is 97.1 Å². The topological polar surface area (TPSA) is 77.3 Å². The summed E-state index contributed by atoms with van der Waals surface area (Å²) < 4.78 is 0. The zero-order valence-corrected chi connectivity index (χ0v) is 34.6. The molecule has 2 aromatic heterocycles. The van der Waals surface area contributed by atoms with Crippen LogP contribution in [-0.4, -0.2) is 29.9 Å². The highest BCUT2D eigenvalue weighted by Gasteiger charge is 2.75. The van der Waals surface area contributed by atoms with Gasteiger partial charge in [0.1, 0.15) is 0 Å². The lowest BCUT2D eigenvalue weighted by molar-refractivity contribution is -0.237. The summed E-state index contributed by atoms with van der Waals surface area (Å²) in [5.41, 5.74) is 9.66. The van der Waals surface area contributed by atoms with Gasteiger partial charge >= 0.3 is 0 Å². The molecule has 0 spiro atoms. The van der Waals surface area contributed by atoms with Crippen molar-refractivity contribution < 1.29 is 0 Å². The quantitative estimate of drug-likeness (QED) is 0.152. The molecule has 300 valence electrons. The Kier molecular flexibility index (Phi) is 8.10. The van der Waals surface area contributed by atoms with E-state index < -0.39 is 0 Å². The summed E-state index contributed by atoms with van der Waals surface area (Å²) >= 11 is 0. The van der Waals surface area contributed by atoms with Crippen LogP contribution in [0.3, 0.4) is 0 Å². The molecule has 0 saturated heterocycles. The smallest absolute Gasteiger partial charge is 0.164 e. The minimum Gasteiger partial charge on any atom is -0.208 e. The van der Waals surface area contributed by atoms with Crippen molar-refractivity contribution in [2.75, 3.05) is 0 Å². The molecule has 6 heteroatoms. The first-order valence-electron chi connectivity index (χ1n) is 22.6. The highest BCUT2D eigenvalue weighted by atomic mass is 15.0. The van der Waals surface area contributed by atoms with E-state index in [1.807, 2.05) is 72.8 Å². The Morgan fingerprint density at radius 3 is 0.742 bits per heavy atom. The van der Waals surface area contributed by atoms with Crippen LogP contribution in [0.4, 0.5) is 0 Å². The summed E-state index contributed by atoms with van der Waals surface area (Å²) in [6.45, 7) is 0. The fourth-order valence-electron chi connectivity index (χ4n) is 13.8. The maximum atomic E-state index is 5.07. The van der Waals surface area contributed by atoms with Crippen LogP contribution in [0.2, 0.25) is 0 Å². The molecule has 8 aromatic rings. The third-order valence-corrected chi connectivity index (χ3v) is 16.0. The van der Waals surface area contributed by atoms with Crippen molar-refractivity contribution in [2.24, 2.45) is 35.5 Å². The van der Waals surface area contributed by atoms with Gasteiger partial charge in [-0.3, -0.25) is 0 Å². The van der Waals surface area contributed by atoms with Crippen LogP contribution < -0.4 is 0 Å². The molecule has 4 atom stereocenters. The lowest BCUT2D eigenvalue weighted by atomic mass is 9.25. The average Bonchev–Trinajstić information content (AvgIpc) is 3.36. The zero-order valence-electron chi connectivity index (χ0n) is 34.6. The highest BCUT2D eigenvalue weighted by molar-refractivity contribution is 5.68. The summed E-state index contributed by atoms with van der Waals surface area (Å²) in [6, 6.07) is 60.2. The molecule has 2 heterocycles. The first-order chi connectivity index (χ1) is 30.6. The Labute approximate surface area is 362 Å². The van der Waals surface area contributed by atoms with Gasteiger partial charge in [-0.05, 0) is 85.2 Å². The number of hydrogen-bond acceptors (Lipinski definition) is 6. The molecule has 0 radical (unpaired) electrons. The van der Waals surface area contributed by atoms with E-state index >= 15 is 0 Å². The van der Waals surface area contributed by atoms with Crippen LogP contribution >= 0.6 is 0 Å². The third-order valence-electron chi connectivity index (χ3n) is 16.0. The molecule has 6 nitrogen and oxygen atoms in total. The van der Waals surface area contributed by atoms with Gasteiger partial charge in [0.15, 0.2) is 34.9 Å². The summed E-state index contributed by atoms with van der Waals surface area (Å²) in [5, 5.41) is 0. The molecule has 0 N–H and O–H groups in total. The van der Waals surface area contributed by atoms with E-state index in [9.17, 15) is 0 Å². The van der Waals surface area contributed by atoms with E-state index in [4.69, 9.17) is 29.9 Å². The largest absolute Gasteiger partial charge is 0.208 e. The molecule has 15 rings (SSSR count). The Morgan fingerprint density at radius 1 is 0.274 bits per heavy atom. The van der Waals surface area contributed by atoms with Crippen LogP contribution in [0, 0.1) is 35.5 Å². The predicted octanol–water partition coefficient (Wildman–Crippen LogP) is 12.3. The lowest BCUT2D eigenvalue weighted by Crippen LogP contribution is -2.75. The third kappa shape index (κ3) is 5.48. The molecule has 8 bridgehead atoms. The van der Waals surface area contributed by atoms with Crippen molar-refractivity contribution in [3.8, 4) is 68.3 Å². The highest BCUT2D eigenvalue weighted by Crippen LogP contribution is 2.80. The van der Waals surface area contributed by atoms with Crippen LogP contribution in [0.5, 0.6) is 0 Å². The minimum absolute atomic E-state index is 0.242. The standard InChI is InChI=1S/C56H46N6/c1-5-13-37(14-6-1)49-57-50(38-15-7-2-8-16-38)60-53(59-49)41-21-25-43(26-22-41)55-33-35-31-47-45(55)29-36-30-46(55)48(32-35)56(47,34-36)44-27-23-42(24-28-44)54-61-51(39-17-9-3-10-18-39)58-52(62-54)40-19-11-4-12-20-40/h1-28,35-36,45-48H,29-34H2. The van der Waals surface area contributed by atoms with E-state index in [-0.39, 0.29) is 10.8 Å². The van der Waals surface area contributed by atoms with Gasteiger partial charge < -0.3 is 0 Å². The fourth-order valence-corrected chi connectivity index (χ4v) is 13.8. The van der Waals surface area contributed by atoms with Gasteiger partial charge in [0.25, 0.3) is 0 Å². The molecule has 7 fully saturated rings. The van der Waals surface area contributed by atoms with E-state index in [1.54, 1.807) is 11.1 Å². The maximum absolute atomic E-state index is 5.07.